The molecule has 32 heavy (non-hydrogen) atoms. The van der Waals surface area contributed by atoms with Gasteiger partial charge in [0.25, 0.3) is 0 Å². The molecule has 1 aromatic carbocycles. The van der Waals surface area contributed by atoms with Crippen LogP contribution in [0.1, 0.15) is 112 Å². The molecule has 1 aromatic rings. The summed E-state index contributed by atoms with van der Waals surface area (Å²) in [5, 5.41) is 0. The van der Waals surface area contributed by atoms with Gasteiger partial charge in [0, 0.05) is 12.0 Å². The normalized spacial score (nSPS) is 30.6. The van der Waals surface area contributed by atoms with E-state index in [1.165, 1.54) is 44.1 Å². The van der Waals surface area contributed by atoms with Crippen LogP contribution in [0.3, 0.4) is 0 Å². The molecule has 4 unspecified atom stereocenters. The maximum absolute atomic E-state index is 6.61. The Hall–Kier alpha value is -1.02. The van der Waals surface area contributed by atoms with Crippen molar-refractivity contribution in [2.75, 3.05) is 6.61 Å². The lowest BCUT2D eigenvalue weighted by Gasteiger charge is -2.49. The topological polar surface area (TPSA) is 18.5 Å². The quantitative estimate of drug-likeness (QED) is 0.393. The van der Waals surface area contributed by atoms with Crippen LogP contribution in [0.4, 0.5) is 0 Å². The number of ether oxygens (including phenoxy) is 2. The molecule has 0 heterocycles. The first-order valence-corrected chi connectivity index (χ1v) is 13.2. The van der Waals surface area contributed by atoms with Gasteiger partial charge in [0.05, 0.1) is 0 Å². The molecule has 0 spiro atoms. The SMILES string of the molecule is CCOC(Oc1ccc(C(CC(C)(C)C)C(C)(C)C)cc1)C1(C)CC(C)CC2CC(C2)C1. The van der Waals surface area contributed by atoms with Gasteiger partial charge in [-0.05, 0) is 97.6 Å². The summed E-state index contributed by atoms with van der Waals surface area (Å²) < 4.78 is 12.9. The Labute approximate surface area is 198 Å². The average molecular weight is 443 g/mol. The molecule has 0 N–H and O–H groups in total. The molecule has 3 aliphatic rings. The van der Waals surface area contributed by atoms with E-state index >= 15 is 0 Å². The van der Waals surface area contributed by atoms with Crippen molar-refractivity contribution in [1.29, 1.82) is 0 Å². The van der Waals surface area contributed by atoms with Crippen LogP contribution in [0.5, 0.6) is 5.75 Å². The molecule has 3 fully saturated rings. The van der Waals surface area contributed by atoms with Crippen molar-refractivity contribution in [2.45, 2.75) is 113 Å². The zero-order chi connectivity index (χ0) is 23.7. The summed E-state index contributed by atoms with van der Waals surface area (Å²) >= 11 is 0. The summed E-state index contributed by atoms with van der Waals surface area (Å²) in [6.07, 6.45) is 7.63. The molecular formula is C30H50O2. The highest BCUT2D eigenvalue weighted by Gasteiger charge is 2.46. The second kappa shape index (κ2) is 9.69. The van der Waals surface area contributed by atoms with Gasteiger partial charge in [-0.15, -0.1) is 0 Å². The minimum atomic E-state index is -0.175. The third-order valence-corrected chi connectivity index (χ3v) is 7.91. The molecule has 3 saturated carbocycles. The Bertz CT molecular complexity index is 713. The van der Waals surface area contributed by atoms with E-state index < -0.39 is 0 Å². The Morgan fingerprint density at radius 3 is 2.09 bits per heavy atom. The van der Waals surface area contributed by atoms with Crippen molar-refractivity contribution in [1.82, 2.24) is 0 Å². The molecule has 3 aliphatic carbocycles. The van der Waals surface area contributed by atoms with Gasteiger partial charge < -0.3 is 9.47 Å². The first-order chi connectivity index (χ1) is 14.8. The lowest BCUT2D eigenvalue weighted by atomic mass is 9.59. The summed E-state index contributed by atoms with van der Waals surface area (Å²) in [7, 11) is 0. The molecule has 2 nitrogen and oxygen atoms in total. The first-order valence-electron chi connectivity index (χ1n) is 13.2. The van der Waals surface area contributed by atoms with E-state index in [-0.39, 0.29) is 17.1 Å². The number of hydrogen-bond donors (Lipinski definition) is 0. The largest absolute Gasteiger partial charge is 0.464 e. The third kappa shape index (κ3) is 6.52. The van der Waals surface area contributed by atoms with Crippen molar-refractivity contribution in [3.63, 3.8) is 0 Å². The highest BCUT2D eigenvalue weighted by Crippen LogP contribution is 2.52. The Balaban J connectivity index is 1.77. The Morgan fingerprint density at radius 1 is 0.938 bits per heavy atom. The molecule has 4 rings (SSSR count). The van der Waals surface area contributed by atoms with E-state index in [4.69, 9.17) is 9.47 Å². The van der Waals surface area contributed by atoms with E-state index in [9.17, 15) is 0 Å². The maximum Gasteiger partial charge on any atom is 0.205 e. The van der Waals surface area contributed by atoms with Gasteiger partial charge in [-0.1, -0.05) is 67.5 Å². The van der Waals surface area contributed by atoms with Gasteiger partial charge in [0.1, 0.15) is 5.75 Å². The van der Waals surface area contributed by atoms with E-state index in [2.05, 4.69) is 86.6 Å². The molecule has 0 saturated heterocycles. The molecule has 0 radical (unpaired) electrons. The molecular weight excluding hydrogens is 392 g/mol. The highest BCUT2D eigenvalue weighted by molar-refractivity contribution is 5.31. The second-order valence-corrected chi connectivity index (χ2v) is 13.8. The van der Waals surface area contributed by atoms with Crippen LogP contribution in [0, 0.1) is 34.0 Å². The van der Waals surface area contributed by atoms with Crippen LogP contribution < -0.4 is 4.74 Å². The van der Waals surface area contributed by atoms with Crippen LogP contribution in [-0.4, -0.2) is 12.9 Å². The first kappa shape index (κ1) is 25.6. The minimum Gasteiger partial charge on any atom is -0.464 e. The van der Waals surface area contributed by atoms with E-state index in [0.717, 1.165) is 23.5 Å². The number of hydrogen-bond acceptors (Lipinski definition) is 2. The van der Waals surface area contributed by atoms with E-state index in [1.54, 1.807) is 0 Å². The van der Waals surface area contributed by atoms with Crippen LogP contribution in [0.25, 0.3) is 0 Å². The third-order valence-electron chi connectivity index (χ3n) is 7.91. The zero-order valence-electron chi connectivity index (χ0n) is 22.5. The Kier molecular flexibility index (Phi) is 7.75. The van der Waals surface area contributed by atoms with Crippen molar-refractivity contribution in [2.24, 2.45) is 34.0 Å². The molecule has 2 bridgehead atoms. The van der Waals surface area contributed by atoms with Gasteiger partial charge >= 0.3 is 0 Å². The summed E-state index contributed by atoms with van der Waals surface area (Å²) in [4.78, 5) is 0. The highest BCUT2D eigenvalue weighted by atomic mass is 16.7. The molecule has 2 heteroatoms. The molecule has 0 aromatic heterocycles. The molecule has 0 aliphatic heterocycles. The van der Waals surface area contributed by atoms with Gasteiger partial charge in [-0.2, -0.15) is 0 Å². The summed E-state index contributed by atoms with van der Waals surface area (Å²) in [6, 6.07) is 8.94. The second-order valence-electron chi connectivity index (χ2n) is 13.8. The lowest BCUT2D eigenvalue weighted by molar-refractivity contribution is -0.171. The fraction of sp³-hybridized carbons (Fsp3) is 0.800. The van der Waals surface area contributed by atoms with E-state index in [1.807, 2.05) is 0 Å². The average Bonchev–Trinajstić information content (AvgIpc) is 2.61. The Morgan fingerprint density at radius 2 is 1.56 bits per heavy atom. The molecule has 4 atom stereocenters. The van der Waals surface area contributed by atoms with Crippen molar-refractivity contribution in [3.8, 4) is 5.75 Å². The zero-order valence-corrected chi connectivity index (χ0v) is 22.5. The monoisotopic (exact) mass is 442 g/mol. The maximum atomic E-state index is 6.61. The van der Waals surface area contributed by atoms with Crippen LogP contribution in [0.15, 0.2) is 24.3 Å². The standard InChI is InChI=1S/C30H50O2/c1-10-31-27(30(9)18-21(2)15-22-16-23(17-22)19-30)32-25-13-11-24(12-14-25)26(29(6,7)8)20-28(3,4)5/h11-14,21-23,26-27H,10,15-20H2,1-9H3. The number of rotatable bonds is 7. The predicted molar refractivity (Wildman–Crippen MR) is 136 cm³/mol. The van der Waals surface area contributed by atoms with Gasteiger partial charge in [-0.3, -0.25) is 0 Å². The van der Waals surface area contributed by atoms with Crippen LogP contribution >= 0.6 is 0 Å². The van der Waals surface area contributed by atoms with Crippen molar-refractivity contribution in [3.05, 3.63) is 29.8 Å². The van der Waals surface area contributed by atoms with Crippen LogP contribution in [0.2, 0.25) is 0 Å². The van der Waals surface area contributed by atoms with Crippen LogP contribution in [-0.2, 0) is 4.74 Å². The predicted octanol–water partition coefficient (Wildman–Crippen LogP) is 8.85. The summed E-state index contributed by atoms with van der Waals surface area (Å²) in [5.41, 5.74) is 2.02. The van der Waals surface area contributed by atoms with Gasteiger partial charge in [0.2, 0.25) is 6.29 Å². The lowest BCUT2D eigenvalue weighted by Crippen LogP contribution is -2.45. The van der Waals surface area contributed by atoms with Gasteiger partial charge in [0.15, 0.2) is 0 Å². The fourth-order valence-corrected chi connectivity index (χ4v) is 6.58. The van der Waals surface area contributed by atoms with E-state index in [0.29, 0.717) is 17.9 Å². The van der Waals surface area contributed by atoms with Crippen molar-refractivity contribution < 1.29 is 9.47 Å². The number of benzene rings is 1. The summed E-state index contributed by atoms with van der Waals surface area (Å²) in [5.74, 6) is 4.04. The minimum absolute atomic E-state index is 0.0737. The molecule has 0 amide bonds. The van der Waals surface area contributed by atoms with Gasteiger partial charge in [-0.25, -0.2) is 0 Å². The number of fused-ring (bicyclic) bond motifs is 4. The van der Waals surface area contributed by atoms with Crippen molar-refractivity contribution >= 4 is 0 Å². The smallest absolute Gasteiger partial charge is 0.205 e. The molecule has 182 valence electrons. The fourth-order valence-electron chi connectivity index (χ4n) is 6.58. The summed E-state index contributed by atoms with van der Waals surface area (Å²) in [6.45, 7) is 21.7.